The Labute approximate surface area is 161 Å². The molecule has 6 nitrogen and oxygen atoms in total. The number of halogens is 2. The van der Waals surface area contributed by atoms with Crippen molar-refractivity contribution >= 4 is 31.9 Å². The number of rotatable bonds is 6. The van der Waals surface area contributed by atoms with Gasteiger partial charge in [-0.15, -0.1) is 0 Å². The maximum atomic E-state index is 14.4. The summed E-state index contributed by atoms with van der Waals surface area (Å²) in [6, 6.07) is 3.75. The molecule has 0 aromatic heterocycles. The van der Waals surface area contributed by atoms with E-state index in [1.54, 1.807) is 18.2 Å². The normalized spacial score (nSPS) is 21.2. The molecule has 0 saturated carbocycles. The maximum Gasteiger partial charge on any atom is 0.254 e. The topological polar surface area (TPSA) is 86.7 Å². The second-order valence-corrected chi connectivity index (χ2v) is 9.86. The number of nitrogens with one attached hydrogen (secondary N) is 1. The molecule has 1 heterocycles. The average Bonchev–Trinajstić information content (AvgIpc) is 2.92. The molecule has 2 N–H and O–H groups in total. The molecule has 9 heteroatoms. The van der Waals surface area contributed by atoms with Crippen LogP contribution in [0.4, 0.5) is 4.39 Å². The van der Waals surface area contributed by atoms with Crippen molar-refractivity contribution in [2.75, 3.05) is 12.3 Å². The second-order valence-electron chi connectivity index (χ2n) is 6.96. The van der Waals surface area contributed by atoms with Gasteiger partial charge < -0.3 is 10.0 Å². The minimum Gasteiger partial charge on any atom is -0.381 e. The number of carbonyl (C=O) groups excluding carboxylic acids is 1. The summed E-state index contributed by atoms with van der Waals surface area (Å²) >= 11 is 3.14. The average molecular weight is 451 g/mol. The van der Waals surface area contributed by atoms with Crippen molar-refractivity contribution in [3.63, 3.8) is 0 Å². The van der Waals surface area contributed by atoms with Crippen molar-refractivity contribution in [2.45, 2.75) is 51.3 Å². The van der Waals surface area contributed by atoms with E-state index in [4.69, 9.17) is 0 Å². The Morgan fingerprint density at radius 2 is 2.12 bits per heavy atom. The zero-order chi connectivity index (χ0) is 19.7. The number of nitrogens with zero attached hydrogens (tertiary/aromatic N) is 1. The summed E-state index contributed by atoms with van der Waals surface area (Å²) in [5.41, 5.74) is -1.22. The summed E-state index contributed by atoms with van der Waals surface area (Å²) in [7, 11) is -3.48. The van der Waals surface area contributed by atoms with Gasteiger partial charge in [-0.05, 0) is 61.2 Å². The van der Waals surface area contributed by atoms with Crippen LogP contribution in [0.3, 0.4) is 0 Å². The van der Waals surface area contributed by atoms with E-state index in [1.807, 2.05) is 0 Å². The van der Waals surface area contributed by atoms with Crippen molar-refractivity contribution in [1.82, 2.24) is 9.62 Å². The lowest BCUT2D eigenvalue weighted by Gasteiger charge is -2.32. The molecule has 0 bridgehead atoms. The Hall–Kier alpha value is -1.03. The minimum atomic E-state index is -3.48. The lowest BCUT2D eigenvalue weighted by atomic mass is 9.99. The van der Waals surface area contributed by atoms with E-state index in [-0.39, 0.29) is 12.2 Å². The third-order valence-electron chi connectivity index (χ3n) is 4.50. The van der Waals surface area contributed by atoms with Gasteiger partial charge in [0.1, 0.15) is 11.4 Å². The summed E-state index contributed by atoms with van der Waals surface area (Å²) in [5.74, 6) is -1.02. The molecule has 2 rings (SSSR count). The first-order chi connectivity index (χ1) is 12.0. The van der Waals surface area contributed by atoms with Crippen LogP contribution in [0.15, 0.2) is 22.7 Å². The fraction of sp³-hybridized carbons (Fsp3) is 0.588. The highest BCUT2D eigenvalue weighted by atomic mass is 79.9. The highest BCUT2D eigenvalue weighted by Gasteiger charge is 2.42. The van der Waals surface area contributed by atoms with Crippen LogP contribution in [0.2, 0.25) is 0 Å². The van der Waals surface area contributed by atoms with Gasteiger partial charge in [0.2, 0.25) is 10.0 Å². The van der Waals surface area contributed by atoms with Crippen molar-refractivity contribution in [3.05, 3.63) is 34.1 Å². The van der Waals surface area contributed by atoms with E-state index >= 15 is 0 Å². The molecule has 1 aromatic carbocycles. The molecule has 0 radical (unpaired) electrons. The molecule has 1 aliphatic heterocycles. The smallest absolute Gasteiger partial charge is 0.254 e. The first-order valence-corrected chi connectivity index (χ1v) is 10.9. The van der Waals surface area contributed by atoms with Gasteiger partial charge in [0.15, 0.2) is 0 Å². The van der Waals surface area contributed by atoms with E-state index in [0.29, 0.717) is 23.0 Å². The molecule has 1 aliphatic rings. The van der Waals surface area contributed by atoms with Crippen LogP contribution in [0.1, 0.15) is 32.8 Å². The quantitative estimate of drug-likeness (QED) is 0.691. The summed E-state index contributed by atoms with van der Waals surface area (Å²) in [4.78, 5) is 14.0. The van der Waals surface area contributed by atoms with Crippen LogP contribution in [0, 0.1) is 5.82 Å². The van der Waals surface area contributed by atoms with E-state index in [0.717, 1.165) is 0 Å². The fourth-order valence-electron chi connectivity index (χ4n) is 3.09. The Kier molecular flexibility index (Phi) is 6.48. The van der Waals surface area contributed by atoms with Gasteiger partial charge in [0.25, 0.3) is 5.91 Å². The molecule has 1 fully saturated rings. The van der Waals surface area contributed by atoms with E-state index in [1.165, 1.54) is 25.7 Å². The molecular formula is C17H24BrFN2O4S. The van der Waals surface area contributed by atoms with Crippen molar-refractivity contribution in [2.24, 2.45) is 0 Å². The monoisotopic (exact) mass is 450 g/mol. The molecule has 0 aliphatic carbocycles. The van der Waals surface area contributed by atoms with Gasteiger partial charge in [-0.25, -0.2) is 17.5 Å². The lowest BCUT2D eigenvalue weighted by Crippen LogP contribution is -2.52. The van der Waals surface area contributed by atoms with Crippen LogP contribution in [0.25, 0.3) is 0 Å². The number of carbonyl (C=O) groups is 1. The number of aliphatic hydroxyl groups is 1. The summed E-state index contributed by atoms with van der Waals surface area (Å²) in [5, 5.41) is 10.1. The van der Waals surface area contributed by atoms with E-state index in [9.17, 15) is 22.7 Å². The number of likely N-dealkylation sites (tertiary alicyclic amines) is 1. The molecule has 0 spiro atoms. The first-order valence-electron chi connectivity index (χ1n) is 8.42. The maximum absolute atomic E-state index is 14.4. The summed E-state index contributed by atoms with van der Waals surface area (Å²) in [6.07, 6.45) is 0.547. The third kappa shape index (κ3) is 4.82. The number of hydrogen-bond acceptors (Lipinski definition) is 4. The minimum absolute atomic E-state index is 0.0824. The standard InChI is InChI=1S/C17H24BrFN2O4S/c1-4-26(24,25)20-13-8-9-21(16(22)17(2,3)23)14(13)10-11-6-5-7-12(18)15(11)19/h5-7,13-14,20,23H,4,8-10H2,1-3H3/t13-,14-/m0/s1. The van der Waals surface area contributed by atoms with Crippen molar-refractivity contribution < 1.29 is 22.7 Å². The predicted octanol–water partition coefficient (Wildman–Crippen LogP) is 1.81. The number of hydrogen-bond donors (Lipinski definition) is 2. The Morgan fingerprint density at radius 1 is 1.46 bits per heavy atom. The number of benzene rings is 1. The largest absolute Gasteiger partial charge is 0.381 e. The van der Waals surface area contributed by atoms with Crippen molar-refractivity contribution in [3.8, 4) is 0 Å². The van der Waals surface area contributed by atoms with Crippen molar-refractivity contribution in [1.29, 1.82) is 0 Å². The highest BCUT2D eigenvalue weighted by Crippen LogP contribution is 2.28. The second kappa shape index (κ2) is 7.92. The van der Waals surface area contributed by atoms with Gasteiger partial charge in [0, 0.05) is 12.6 Å². The van der Waals surface area contributed by atoms with Gasteiger partial charge in [0.05, 0.1) is 16.3 Å². The van der Waals surface area contributed by atoms with Crippen LogP contribution in [-0.4, -0.2) is 54.3 Å². The van der Waals surface area contributed by atoms with Gasteiger partial charge in [-0.1, -0.05) is 12.1 Å². The Morgan fingerprint density at radius 3 is 2.69 bits per heavy atom. The Balaban J connectivity index is 2.36. The van der Waals surface area contributed by atoms with Gasteiger partial charge in [-0.3, -0.25) is 4.79 Å². The molecule has 26 heavy (non-hydrogen) atoms. The SMILES string of the molecule is CCS(=O)(=O)N[C@H]1CCN(C(=O)C(C)(C)O)[C@H]1Cc1cccc(Br)c1F. The van der Waals surface area contributed by atoms with E-state index in [2.05, 4.69) is 20.7 Å². The summed E-state index contributed by atoms with van der Waals surface area (Å²) in [6.45, 7) is 4.59. The molecule has 1 saturated heterocycles. The molecule has 2 atom stereocenters. The third-order valence-corrected chi connectivity index (χ3v) is 6.54. The van der Waals surface area contributed by atoms with Crippen LogP contribution in [0.5, 0.6) is 0 Å². The van der Waals surface area contributed by atoms with Crippen LogP contribution >= 0.6 is 15.9 Å². The molecule has 146 valence electrons. The van der Waals surface area contributed by atoms with Gasteiger partial charge >= 0.3 is 0 Å². The highest BCUT2D eigenvalue weighted by molar-refractivity contribution is 9.10. The first kappa shape index (κ1) is 21.3. The zero-order valence-electron chi connectivity index (χ0n) is 15.0. The van der Waals surface area contributed by atoms with Gasteiger partial charge in [-0.2, -0.15) is 0 Å². The molecule has 0 unspecified atom stereocenters. The van der Waals surface area contributed by atoms with Crippen LogP contribution in [-0.2, 0) is 21.2 Å². The lowest BCUT2D eigenvalue weighted by molar-refractivity contribution is -0.148. The Bertz CT molecular complexity index is 779. The number of sulfonamides is 1. The van der Waals surface area contributed by atoms with E-state index < -0.39 is 39.4 Å². The fourth-order valence-corrected chi connectivity index (χ4v) is 4.40. The summed E-state index contributed by atoms with van der Waals surface area (Å²) < 4.78 is 41.3. The molecule has 1 aromatic rings. The number of amides is 1. The molecule has 1 amide bonds. The molecular weight excluding hydrogens is 427 g/mol. The zero-order valence-corrected chi connectivity index (χ0v) is 17.4. The predicted molar refractivity (Wildman–Crippen MR) is 101 cm³/mol. The van der Waals surface area contributed by atoms with Crippen LogP contribution < -0.4 is 4.72 Å².